The van der Waals surface area contributed by atoms with Crippen LogP contribution in [0.15, 0.2) is 23.8 Å². The number of aromatic nitrogens is 4. The van der Waals surface area contributed by atoms with Gasteiger partial charge in [-0.1, -0.05) is 0 Å². The number of morpholine rings is 1. The lowest BCUT2D eigenvalue weighted by molar-refractivity contribution is 0.122. The van der Waals surface area contributed by atoms with Crippen molar-refractivity contribution in [3.8, 4) is 6.07 Å². The number of hydrogen-bond acceptors (Lipinski definition) is 9. The predicted octanol–water partition coefficient (Wildman–Crippen LogP) is 1.22. The molecule has 0 radical (unpaired) electrons. The first kappa shape index (κ1) is 17.2. The molecular formula is C18H20N8OS. The van der Waals surface area contributed by atoms with Crippen molar-refractivity contribution in [1.82, 2.24) is 19.4 Å². The maximum atomic E-state index is 9.56. The summed E-state index contributed by atoms with van der Waals surface area (Å²) in [6.07, 6.45) is 3.73. The van der Waals surface area contributed by atoms with Crippen LogP contribution in [0.25, 0.3) is 4.96 Å². The maximum absolute atomic E-state index is 9.56. The fraction of sp³-hybridized carbons (Fsp3) is 0.444. The average Bonchev–Trinajstić information content (AvgIpc) is 3.36. The zero-order valence-corrected chi connectivity index (χ0v) is 16.2. The summed E-state index contributed by atoms with van der Waals surface area (Å²) in [6, 6.07) is 4.27. The minimum atomic E-state index is 0.612. The van der Waals surface area contributed by atoms with E-state index in [9.17, 15) is 5.26 Å². The Morgan fingerprint density at radius 1 is 1.00 bits per heavy atom. The van der Waals surface area contributed by atoms with Crippen LogP contribution in [-0.2, 0) is 4.74 Å². The molecule has 0 aromatic carbocycles. The summed E-state index contributed by atoms with van der Waals surface area (Å²) < 4.78 is 7.28. The molecule has 5 heterocycles. The molecule has 2 saturated heterocycles. The van der Waals surface area contributed by atoms with Crippen LogP contribution >= 0.6 is 11.3 Å². The third kappa shape index (κ3) is 3.02. The largest absolute Gasteiger partial charge is 0.378 e. The second-order valence-corrected chi connectivity index (χ2v) is 7.61. The van der Waals surface area contributed by atoms with Gasteiger partial charge in [-0.25, -0.2) is 4.98 Å². The van der Waals surface area contributed by atoms with Crippen molar-refractivity contribution in [2.75, 3.05) is 67.2 Å². The molecule has 0 unspecified atom stereocenters. The van der Waals surface area contributed by atoms with Gasteiger partial charge < -0.3 is 19.4 Å². The van der Waals surface area contributed by atoms with Crippen LogP contribution in [0.1, 0.15) is 5.69 Å². The van der Waals surface area contributed by atoms with Crippen LogP contribution in [0.3, 0.4) is 0 Å². The Bertz CT molecular complexity index is 1010. The standard InChI is InChI=1S/C18H20N8OS/c19-13-14-16(22-18-26(14)9-12-28-18)24-5-3-23(4-6-24)15-1-2-20-17(21-15)25-7-10-27-11-8-25/h1-2,9,12H,3-8,10-11H2. The van der Waals surface area contributed by atoms with Crippen molar-refractivity contribution < 1.29 is 4.74 Å². The van der Waals surface area contributed by atoms with Gasteiger partial charge in [-0.05, 0) is 6.07 Å². The maximum Gasteiger partial charge on any atom is 0.227 e. The van der Waals surface area contributed by atoms with Crippen molar-refractivity contribution in [3.05, 3.63) is 29.5 Å². The highest BCUT2D eigenvalue weighted by Crippen LogP contribution is 2.26. The lowest BCUT2D eigenvalue weighted by Gasteiger charge is -2.36. The third-order valence-electron chi connectivity index (χ3n) is 5.17. The molecule has 0 aliphatic carbocycles. The summed E-state index contributed by atoms with van der Waals surface area (Å²) in [5.41, 5.74) is 0.612. The summed E-state index contributed by atoms with van der Waals surface area (Å²) in [4.78, 5) is 21.4. The van der Waals surface area contributed by atoms with E-state index in [0.717, 1.165) is 75.0 Å². The van der Waals surface area contributed by atoms with E-state index in [1.165, 1.54) is 0 Å². The van der Waals surface area contributed by atoms with Crippen LogP contribution in [0, 0.1) is 11.3 Å². The molecular weight excluding hydrogens is 376 g/mol. The SMILES string of the molecule is N#Cc1c(N2CCN(c3ccnc(N4CCOCC4)n3)CC2)nc2sccn12. The first-order valence-electron chi connectivity index (χ1n) is 9.35. The molecule has 2 aliphatic rings. The number of imidazole rings is 1. The van der Waals surface area contributed by atoms with E-state index in [0.29, 0.717) is 5.69 Å². The number of piperazine rings is 1. The quantitative estimate of drug-likeness (QED) is 0.653. The van der Waals surface area contributed by atoms with Gasteiger partial charge in [-0.2, -0.15) is 15.2 Å². The van der Waals surface area contributed by atoms with Crippen molar-refractivity contribution in [1.29, 1.82) is 5.26 Å². The molecule has 9 nitrogen and oxygen atoms in total. The van der Waals surface area contributed by atoms with Crippen LogP contribution in [-0.4, -0.2) is 71.8 Å². The van der Waals surface area contributed by atoms with Crippen molar-refractivity contribution >= 4 is 33.9 Å². The normalized spacial score (nSPS) is 17.9. The minimum Gasteiger partial charge on any atom is -0.378 e. The predicted molar refractivity (Wildman–Crippen MR) is 107 cm³/mol. The molecule has 28 heavy (non-hydrogen) atoms. The Labute approximate surface area is 166 Å². The highest BCUT2D eigenvalue weighted by molar-refractivity contribution is 7.15. The van der Waals surface area contributed by atoms with Gasteiger partial charge >= 0.3 is 0 Å². The zero-order valence-electron chi connectivity index (χ0n) is 15.4. The molecule has 0 bridgehead atoms. The van der Waals surface area contributed by atoms with E-state index in [2.05, 4.69) is 30.7 Å². The lowest BCUT2D eigenvalue weighted by Crippen LogP contribution is -2.47. The molecule has 0 spiro atoms. The van der Waals surface area contributed by atoms with Crippen LogP contribution in [0.4, 0.5) is 17.6 Å². The average molecular weight is 396 g/mol. The van der Waals surface area contributed by atoms with E-state index < -0.39 is 0 Å². The van der Waals surface area contributed by atoms with E-state index in [1.54, 1.807) is 11.3 Å². The fourth-order valence-electron chi connectivity index (χ4n) is 3.68. The summed E-state index contributed by atoms with van der Waals surface area (Å²) >= 11 is 1.55. The number of rotatable bonds is 3. The van der Waals surface area contributed by atoms with E-state index >= 15 is 0 Å². The Morgan fingerprint density at radius 3 is 2.57 bits per heavy atom. The monoisotopic (exact) mass is 396 g/mol. The van der Waals surface area contributed by atoms with Gasteiger partial charge in [0.05, 0.1) is 13.2 Å². The molecule has 3 aromatic rings. The molecule has 5 rings (SSSR count). The molecule has 10 heteroatoms. The fourth-order valence-corrected chi connectivity index (χ4v) is 4.39. The summed E-state index contributed by atoms with van der Waals surface area (Å²) in [7, 11) is 0. The minimum absolute atomic E-state index is 0.612. The summed E-state index contributed by atoms with van der Waals surface area (Å²) in [6.45, 7) is 6.35. The number of ether oxygens (including phenoxy) is 1. The van der Waals surface area contributed by atoms with Crippen LogP contribution in [0.2, 0.25) is 0 Å². The van der Waals surface area contributed by atoms with E-state index in [1.807, 2.05) is 28.2 Å². The lowest BCUT2D eigenvalue weighted by atomic mass is 10.3. The van der Waals surface area contributed by atoms with Crippen molar-refractivity contribution in [3.63, 3.8) is 0 Å². The van der Waals surface area contributed by atoms with Gasteiger partial charge in [0.15, 0.2) is 16.5 Å². The zero-order chi connectivity index (χ0) is 18.9. The van der Waals surface area contributed by atoms with Gasteiger partial charge in [-0.15, -0.1) is 11.3 Å². The number of fused-ring (bicyclic) bond motifs is 1. The Morgan fingerprint density at radius 2 is 1.79 bits per heavy atom. The molecule has 2 aliphatic heterocycles. The number of hydrogen-bond donors (Lipinski definition) is 0. The Balaban J connectivity index is 1.30. The smallest absolute Gasteiger partial charge is 0.227 e. The van der Waals surface area contributed by atoms with Crippen molar-refractivity contribution in [2.45, 2.75) is 0 Å². The first-order valence-corrected chi connectivity index (χ1v) is 10.2. The summed E-state index contributed by atoms with van der Waals surface area (Å²) in [5.74, 6) is 2.50. The summed E-state index contributed by atoms with van der Waals surface area (Å²) in [5, 5.41) is 11.5. The van der Waals surface area contributed by atoms with Crippen LogP contribution < -0.4 is 14.7 Å². The third-order valence-corrected chi connectivity index (χ3v) is 5.93. The van der Waals surface area contributed by atoms with Gasteiger partial charge in [0.25, 0.3) is 0 Å². The second kappa shape index (κ2) is 7.26. The van der Waals surface area contributed by atoms with E-state index in [-0.39, 0.29) is 0 Å². The molecule has 0 N–H and O–H groups in total. The van der Waals surface area contributed by atoms with Gasteiger partial charge in [0.2, 0.25) is 5.95 Å². The number of anilines is 3. The molecule has 0 saturated carbocycles. The number of nitriles is 1. The van der Waals surface area contributed by atoms with E-state index in [4.69, 9.17) is 9.72 Å². The molecule has 144 valence electrons. The molecule has 0 amide bonds. The van der Waals surface area contributed by atoms with Gasteiger partial charge in [0.1, 0.15) is 11.9 Å². The molecule has 2 fully saturated rings. The number of nitrogens with zero attached hydrogens (tertiary/aromatic N) is 8. The Hall–Kier alpha value is -2.90. The first-order chi connectivity index (χ1) is 13.8. The topological polar surface area (TPSA) is 85.8 Å². The second-order valence-electron chi connectivity index (χ2n) is 6.74. The van der Waals surface area contributed by atoms with Crippen LogP contribution in [0.5, 0.6) is 0 Å². The number of thiazole rings is 1. The highest BCUT2D eigenvalue weighted by Gasteiger charge is 2.25. The Kier molecular flexibility index (Phi) is 4.46. The van der Waals surface area contributed by atoms with Gasteiger partial charge in [0, 0.05) is 57.0 Å². The van der Waals surface area contributed by atoms with Crippen molar-refractivity contribution in [2.24, 2.45) is 0 Å². The highest BCUT2D eigenvalue weighted by atomic mass is 32.1. The molecule has 0 atom stereocenters. The van der Waals surface area contributed by atoms with Gasteiger partial charge in [-0.3, -0.25) is 4.40 Å². The molecule has 3 aromatic heterocycles.